The number of amides is 2. The molecular weight excluding hydrogens is 386 g/mol. The van der Waals surface area contributed by atoms with Gasteiger partial charge in [-0.15, -0.1) is 4.83 Å². The van der Waals surface area contributed by atoms with Crippen LogP contribution >= 0.6 is 0 Å². The number of Topliss-reactive ketones (excluding diaryl/α,β-unsaturated/α-hetero) is 1. The topological polar surface area (TPSA) is 122 Å². The fourth-order valence-electron chi connectivity index (χ4n) is 2.56. The van der Waals surface area contributed by atoms with Gasteiger partial charge < -0.3 is 4.74 Å². The normalized spacial score (nSPS) is 13.5. The lowest BCUT2D eigenvalue weighted by Gasteiger charge is -2.28. The van der Waals surface area contributed by atoms with E-state index in [0.29, 0.717) is 17.0 Å². The average molecular weight is 403 g/mol. The molecule has 2 aromatic rings. The molecule has 0 saturated heterocycles. The largest absolute Gasteiger partial charge is 0.482 e. The Morgan fingerprint density at radius 2 is 1.79 bits per heavy atom. The lowest BCUT2D eigenvalue weighted by Crippen LogP contribution is -2.49. The van der Waals surface area contributed by atoms with Crippen LogP contribution in [0.25, 0.3) is 0 Å². The summed E-state index contributed by atoms with van der Waals surface area (Å²) < 4.78 is 29.8. The van der Waals surface area contributed by atoms with Crippen LogP contribution in [0.15, 0.2) is 53.4 Å². The van der Waals surface area contributed by atoms with Crippen molar-refractivity contribution in [1.29, 1.82) is 0 Å². The molecule has 0 aromatic heterocycles. The zero-order valence-electron chi connectivity index (χ0n) is 14.8. The number of benzene rings is 2. The summed E-state index contributed by atoms with van der Waals surface area (Å²) in [4.78, 5) is 38.6. The molecule has 1 aliphatic heterocycles. The van der Waals surface area contributed by atoms with Gasteiger partial charge in [-0.25, -0.2) is 8.42 Å². The van der Waals surface area contributed by atoms with Gasteiger partial charge in [0.1, 0.15) is 12.3 Å². The number of carbonyl (C=O) groups excluding carboxylic acids is 3. The summed E-state index contributed by atoms with van der Waals surface area (Å²) in [6, 6.07) is 12.0. The number of anilines is 1. The molecule has 10 heteroatoms. The molecule has 0 fully saturated rings. The molecule has 1 heterocycles. The predicted octanol–water partition coefficient (Wildman–Crippen LogP) is 0.624. The van der Waals surface area contributed by atoms with Gasteiger partial charge in [0.15, 0.2) is 12.4 Å². The number of hydrazine groups is 1. The summed E-state index contributed by atoms with van der Waals surface area (Å²) >= 11 is 0. The van der Waals surface area contributed by atoms with Crippen molar-refractivity contribution in [1.82, 2.24) is 10.3 Å². The van der Waals surface area contributed by atoms with Gasteiger partial charge in [-0.1, -0.05) is 24.3 Å². The van der Waals surface area contributed by atoms with Crippen LogP contribution in [0.1, 0.15) is 17.3 Å². The first kappa shape index (κ1) is 19.5. The lowest BCUT2D eigenvalue weighted by molar-refractivity contribution is -0.125. The standard InChI is InChI=1S/C18H17N3O6S/c1-12(22)13-6-8-14(9-7-13)28(25,26)20-19-17(23)10-21-15-4-2-3-5-16(15)27-11-18(21)24/h2-9,20H,10-11H2,1H3,(H,19,23). The number of ether oxygens (including phenoxy) is 1. The van der Waals surface area contributed by atoms with Crippen LogP contribution in [0.2, 0.25) is 0 Å². The first-order valence-corrected chi connectivity index (χ1v) is 9.70. The van der Waals surface area contributed by atoms with E-state index in [4.69, 9.17) is 4.74 Å². The number of hydrogen-bond acceptors (Lipinski definition) is 6. The quantitative estimate of drug-likeness (QED) is 0.539. The molecule has 0 saturated carbocycles. The number of nitrogens with zero attached hydrogens (tertiary/aromatic N) is 1. The van der Waals surface area contributed by atoms with Crippen molar-refractivity contribution < 1.29 is 27.5 Å². The Morgan fingerprint density at radius 3 is 2.46 bits per heavy atom. The van der Waals surface area contributed by atoms with Crippen LogP contribution in [0, 0.1) is 0 Å². The summed E-state index contributed by atoms with van der Waals surface area (Å²) in [7, 11) is -4.03. The number of sulfonamides is 1. The van der Waals surface area contributed by atoms with Gasteiger partial charge in [-0.3, -0.25) is 24.7 Å². The van der Waals surface area contributed by atoms with Gasteiger partial charge >= 0.3 is 0 Å². The Hall–Kier alpha value is -3.24. The molecule has 0 radical (unpaired) electrons. The van der Waals surface area contributed by atoms with Crippen LogP contribution in [0.5, 0.6) is 5.75 Å². The number of fused-ring (bicyclic) bond motifs is 1. The van der Waals surface area contributed by atoms with Crippen LogP contribution < -0.4 is 19.9 Å². The number of ketones is 1. The van der Waals surface area contributed by atoms with Crippen LogP contribution in [0.4, 0.5) is 5.69 Å². The predicted molar refractivity (Wildman–Crippen MR) is 99.2 cm³/mol. The highest BCUT2D eigenvalue weighted by Crippen LogP contribution is 2.31. The van der Waals surface area contributed by atoms with Gasteiger partial charge in [0.2, 0.25) is 0 Å². The summed E-state index contributed by atoms with van der Waals surface area (Å²) in [5, 5.41) is 0. The van der Waals surface area contributed by atoms with Crippen molar-refractivity contribution in [3.8, 4) is 5.75 Å². The Labute approximate surface area is 161 Å². The van der Waals surface area contributed by atoms with E-state index in [-0.39, 0.29) is 23.8 Å². The Morgan fingerprint density at radius 1 is 1.11 bits per heavy atom. The van der Waals surface area contributed by atoms with Crippen LogP contribution in [-0.2, 0) is 19.6 Å². The molecule has 0 unspecified atom stereocenters. The zero-order chi connectivity index (χ0) is 20.3. The van der Waals surface area contributed by atoms with Crippen LogP contribution in [0.3, 0.4) is 0 Å². The zero-order valence-corrected chi connectivity index (χ0v) is 15.7. The highest BCUT2D eigenvalue weighted by molar-refractivity contribution is 7.89. The molecule has 2 N–H and O–H groups in total. The van der Waals surface area contributed by atoms with Gasteiger partial charge in [-0.2, -0.15) is 0 Å². The third-order valence-corrected chi connectivity index (χ3v) is 5.27. The van der Waals surface area contributed by atoms with Crippen molar-refractivity contribution in [2.24, 2.45) is 0 Å². The third-order valence-electron chi connectivity index (χ3n) is 4.01. The SMILES string of the molecule is CC(=O)c1ccc(S(=O)(=O)NNC(=O)CN2C(=O)COc3ccccc32)cc1. The number of para-hydroxylation sites is 2. The minimum atomic E-state index is -4.03. The smallest absolute Gasteiger partial charge is 0.265 e. The highest BCUT2D eigenvalue weighted by atomic mass is 32.2. The number of nitrogens with one attached hydrogen (secondary N) is 2. The summed E-state index contributed by atoms with van der Waals surface area (Å²) in [5.41, 5.74) is 2.87. The fraction of sp³-hybridized carbons (Fsp3) is 0.167. The van der Waals surface area contributed by atoms with Crippen molar-refractivity contribution in [3.63, 3.8) is 0 Å². The van der Waals surface area contributed by atoms with E-state index in [1.54, 1.807) is 24.3 Å². The number of rotatable bonds is 6. The molecule has 2 aromatic carbocycles. The van der Waals surface area contributed by atoms with Gasteiger partial charge in [0.25, 0.3) is 21.8 Å². The Kier molecular flexibility index (Phi) is 5.43. The van der Waals surface area contributed by atoms with Crippen molar-refractivity contribution in [2.75, 3.05) is 18.1 Å². The second kappa shape index (κ2) is 7.79. The van der Waals surface area contributed by atoms with Crippen LogP contribution in [-0.4, -0.2) is 39.2 Å². The highest BCUT2D eigenvalue weighted by Gasteiger charge is 2.27. The van der Waals surface area contributed by atoms with E-state index in [1.807, 2.05) is 4.83 Å². The van der Waals surface area contributed by atoms with E-state index in [1.165, 1.54) is 36.1 Å². The molecule has 0 spiro atoms. The maximum Gasteiger partial charge on any atom is 0.265 e. The van der Waals surface area contributed by atoms with E-state index in [9.17, 15) is 22.8 Å². The number of hydrogen-bond donors (Lipinski definition) is 2. The maximum atomic E-state index is 12.3. The fourth-order valence-corrected chi connectivity index (χ4v) is 3.42. The van der Waals surface area contributed by atoms with Gasteiger partial charge in [-0.05, 0) is 31.2 Å². The van der Waals surface area contributed by atoms with E-state index in [0.717, 1.165) is 0 Å². The Balaban J connectivity index is 1.65. The molecule has 2 amide bonds. The molecule has 0 aliphatic carbocycles. The van der Waals surface area contributed by atoms with Crippen molar-refractivity contribution >= 4 is 33.3 Å². The second-order valence-corrected chi connectivity index (χ2v) is 7.65. The van der Waals surface area contributed by atoms with Crippen molar-refractivity contribution in [2.45, 2.75) is 11.8 Å². The minimum Gasteiger partial charge on any atom is -0.482 e. The number of carbonyl (C=O) groups is 3. The lowest BCUT2D eigenvalue weighted by atomic mass is 10.2. The summed E-state index contributed by atoms with van der Waals surface area (Å²) in [5.74, 6) is -0.882. The third kappa shape index (κ3) is 4.18. The molecule has 146 valence electrons. The summed E-state index contributed by atoms with van der Waals surface area (Å²) in [6.45, 7) is 0.774. The van der Waals surface area contributed by atoms with E-state index >= 15 is 0 Å². The van der Waals surface area contributed by atoms with Crippen molar-refractivity contribution in [3.05, 3.63) is 54.1 Å². The molecular formula is C18H17N3O6S. The van der Waals surface area contributed by atoms with E-state index in [2.05, 4.69) is 5.43 Å². The molecule has 1 aliphatic rings. The summed E-state index contributed by atoms with van der Waals surface area (Å²) in [6.07, 6.45) is 0. The molecule has 0 atom stereocenters. The van der Waals surface area contributed by atoms with Gasteiger partial charge in [0.05, 0.1) is 10.6 Å². The van der Waals surface area contributed by atoms with Gasteiger partial charge in [0, 0.05) is 5.56 Å². The first-order chi connectivity index (χ1) is 13.3. The minimum absolute atomic E-state index is 0.120. The molecule has 3 rings (SSSR count). The Bertz CT molecular complexity index is 1030. The van der Waals surface area contributed by atoms with E-state index < -0.39 is 21.8 Å². The average Bonchev–Trinajstić information content (AvgIpc) is 2.69. The molecule has 28 heavy (non-hydrogen) atoms. The first-order valence-electron chi connectivity index (χ1n) is 8.22. The molecule has 0 bridgehead atoms. The monoisotopic (exact) mass is 403 g/mol. The molecule has 9 nitrogen and oxygen atoms in total. The maximum absolute atomic E-state index is 12.3. The second-order valence-electron chi connectivity index (χ2n) is 5.97.